The van der Waals surface area contributed by atoms with Crippen molar-refractivity contribution in [2.75, 3.05) is 6.61 Å². The van der Waals surface area contributed by atoms with Crippen molar-refractivity contribution < 1.29 is 19.1 Å². The minimum Gasteiger partial charge on any atom is -0.413 e. The number of hydrogen-bond acceptors (Lipinski definition) is 4. The molecule has 0 aromatic carbocycles. The molecule has 0 aromatic heterocycles. The van der Waals surface area contributed by atoms with Crippen molar-refractivity contribution in [2.45, 2.75) is 122 Å². The normalized spacial score (nSPS) is 31.2. The van der Waals surface area contributed by atoms with Gasteiger partial charge in [0.05, 0.1) is 24.4 Å². The van der Waals surface area contributed by atoms with Crippen molar-refractivity contribution in [1.29, 1.82) is 0 Å². The van der Waals surface area contributed by atoms with Crippen LogP contribution in [0.5, 0.6) is 0 Å². The van der Waals surface area contributed by atoms with E-state index in [2.05, 4.69) is 74.7 Å². The lowest BCUT2D eigenvalue weighted by Gasteiger charge is -2.51. The monoisotopic (exact) mass is 418 g/mol. The average Bonchev–Trinajstić information content (AvgIpc) is 2.43. The number of hydrogen-bond donors (Lipinski definition) is 2. The van der Waals surface area contributed by atoms with E-state index >= 15 is 0 Å². The molecule has 0 amide bonds. The van der Waals surface area contributed by atoms with Crippen LogP contribution in [0.25, 0.3) is 0 Å². The van der Waals surface area contributed by atoms with Crippen molar-refractivity contribution in [1.82, 2.24) is 0 Å². The van der Waals surface area contributed by atoms with E-state index in [0.717, 1.165) is 6.42 Å². The van der Waals surface area contributed by atoms with Gasteiger partial charge in [-0.15, -0.1) is 0 Å². The van der Waals surface area contributed by atoms with Crippen LogP contribution in [-0.4, -0.2) is 51.3 Å². The van der Waals surface area contributed by atoms with Crippen molar-refractivity contribution in [3.8, 4) is 0 Å². The summed E-state index contributed by atoms with van der Waals surface area (Å²) in [6.07, 6.45) is 1.80. The van der Waals surface area contributed by atoms with Gasteiger partial charge in [0.2, 0.25) is 0 Å². The maximum absolute atomic E-state index is 11.1. The summed E-state index contributed by atoms with van der Waals surface area (Å²) in [5.74, 6) is 0.250. The molecule has 2 atom stereocenters. The van der Waals surface area contributed by atoms with Crippen LogP contribution in [0.2, 0.25) is 36.3 Å². The summed E-state index contributed by atoms with van der Waals surface area (Å²) in [4.78, 5) is 0. The highest BCUT2D eigenvalue weighted by Gasteiger charge is 2.51. The Balaban J connectivity index is 3.20. The summed E-state index contributed by atoms with van der Waals surface area (Å²) in [7, 11) is -3.97. The van der Waals surface area contributed by atoms with E-state index < -0.39 is 22.2 Å². The molecule has 2 N–H and O–H groups in total. The molecular formula is C21H46O4Si2. The van der Waals surface area contributed by atoms with Gasteiger partial charge in [-0.3, -0.25) is 0 Å². The van der Waals surface area contributed by atoms with E-state index in [9.17, 15) is 10.2 Å². The molecule has 27 heavy (non-hydrogen) atoms. The zero-order valence-corrected chi connectivity index (χ0v) is 21.8. The molecule has 1 aliphatic carbocycles. The maximum atomic E-state index is 11.1. The van der Waals surface area contributed by atoms with E-state index in [1.165, 1.54) is 0 Å². The van der Waals surface area contributed by atoms with Gasteiger partial charge < -0.3 is 19.1 Å². The van der Waals surface area contributed by atoms with Gasteiger partial charge in [0.1, 0.15) is 0 Å². The van der Waals surface area contributed by atoms with E-state index in [0.29, 0.717) is 12.8 Å². The minimum absolute atomic E-state index is 0.0726. The third-order valence-electron chi connectivity index (χ3n) is 7.39. The second kappa shape index (κ2) is 8.19. The SMILES string of the molecule is CCC1[C@H](O[Si](C)(C)C(C)(C)C)CC(O)(CO)C[C@H]1O[Si](C)(C)C(C)(C)C. The van der Waals surface area contributed by atoms with Crippen LogP contribution < -0.4 is 0 Å². The Hall–Kier alpha value is 0.274. The summed E-state index contributed by atoms with van der Waals surface area (Å²) in [5, 5.41) is 21.2. The van der Waals surface area contributed by atoms with Gasteiger partial charge in [-0.05, 0) is 42.7 Å². The van der Waals surface area contributed by atoms with Gasteiger partial charge >= 0.3 is 0 Å². The number of aliphatic hydroxyl groups excluding tert-OH is 1. The lowest BCUT2D eigenvalue weighted by atomic mass is 9.74. The summed E-state index contributed by atoms with van der Waals surface area (Å²) >= 11 is 0. The summed E-state index contributed by atoms with van der Waals surface area (Å²) in [6.45, 7) is 24.4. The molecule has 1 fully saturated rings. The smallest absolute Gasteiger partial charge is 0.192 e. The predicted molar refractivity (Wildman–Crippen MR) is 119 cm³/mol. The topological polar surface area (TPSA) is 58.9 Å². The van der Waals surface area contributed by atoms with E-state index in [4.69, 9.17) is 8.85 Å². The van der Waals surface area contributed by atoms with Gasteiger partial charge in [0, 0.05) is 18.8 Å². The first kappa shape index (κ1) is 25.3. The molecule has 0 bridgehead atoms. The summed E-state index contributed by atoms with van der Waals surface area (Å²) < 4.78 is 13.6. The summed E-state index contributed by atoms with van der Waals surface area (Å²) in [5.41, 5.74) is -1.12. The molecular weight excluding hydrogens is 372 g/mol. The Kier molecular flexibility index (Phi) is 7.68. The molecule has 0 aromatic rings. The maximum Gasteiger partial charge on any atom is 0.192 e. The van der Waals surface area contributed by atoms with Crippen LogP contribution in [0.15, 0.2) is 0 Å². The molecule has 0 heterocycles. The molecule has 162 valence electrons. The molecule has 1 rings (SSSR count). The predicted octanol–water partition coefficient (Wildman–Crippen LogP) is 5.31. The molecule has 0 saturated heterocycles. The van der Waals surface area contributed by atoms with Crippen LogP contribution in [-0.2, 0) is 8.85 Å². The first-order chi connectivity index (χ1) is 11.9. The Morgan fingerprint density at radius 2 is 1.19 bits per heavy atom. The molecule has 4 nitrogen and oxygen atoms in total. The molecule has 0 unspecified atom stereocenters. The highest BCUT2D eigenvalue weighted by molar-refractivity contribution is 6.74. The van der Waals surface area contributed by atoms with Crippen LogP contribution in [0, 0.1) is 5.92 Å². The Bertz CT molecular complexity index is 453. The zero-order valence-electron chi connectivity index (χ0n) is 19.8. The largest absolute Gasteiger partial charge is 0.413 e. The minimum atomic E-state index is -1.99. The second-order valence-corrected chi connectivity index (χ2v) is 21.2. The number of rotatable bonds is 6. The van der Waals surface area contributed by atoms with E-state index in [1.807, 2.05) is 0 Å². The quantitative estimate of drug-likeness (QED) is 0.574. The Labute approximate surface area is 170 Å². The molecule has 0 radical (unpaired) electrons. The van der Waals surface area contributed by atoms with Gasteiger partial charge in [-0.25, -0.2) is 0 Å². The first-order valence-electron chi connectivity index (χ1n) is 10.6. The molecule has 1 aliphatic rings. The van der Waals surface area contributed by atoms with Crippen LogP contribution in [0.3, 0.4) is 0 Å². The average molecular weight is 419 g/mol. The third kappa shape index (κ3) is 5.89. The highest BCUT2D eigenvalue weighted by atomic mass is 28.4. The fraction of sp³-hybridized carbons (Fsp3) is 1.00. The number of aliphatic hydroxyl groups is 2. The van der Waals surface area contributed by atoms with Gasteiger partial charge in [0.25, 0.3) is 0 Å². The zero-order chi connectivity index (χ0) is 21.5. The highest BCUT2D eigenvalue weighted by Crippen LogP contribution is 2.46. The van der Waals surface area contributed by atoms with Crippen molar-refractivity contribution >= 4 is 16.6 Å². The third-order valence-corrected chi connectivity index (χ3v) is 16.4. The molecule has 6 heteroatoms. The van der Waals surface area contributed by atoms with Crippen molar-refractivity contribution in [3.05, 3.63) is 0 Å². The van der Waals surface area contributed by atoms with Gasteiger partial charge in [-0.1, -0.05) is 48.5 Å². The molecule has 0 aliphatic heterocycles. The summed E-state index contributed by atoms with van der Waals surface area (Å²) in [6, 6.07) is 0. The fourth-order valence-electron chi connectivity index (χ4n) is 3.40. The Morgan fingerprint density at radius 3 is 1.41 bits per heavy atom. The standard InChI is InChI=1S/C21H46O4Si2/c1-12-16-17(24-26(8,9)19(2,3)4)13-21(23,15-22)14-18(16)25-27(10,11)20(5,6)7/h16-18,22-23H,12-15H2,1-11H3/t16?,17-,18-,21?/m1/s1. The molecule has 0 spiro atoms. The Morgan fingerprint density at radius 1 is 0.852 bits per heavy atom. The van der Waals surface area contributed by atoms with Gasteiger partial charge in [0.15, 0.2) is 16.6 Å². The van der Waals surface area contributed by atoms with E-state index in [1.54, 1.807) is 0 Å². The first-order valence-corrected chi connectivity index (χ1v) is 16.4. The van der Waals surface area contributed by atoms with Crippen molar-refractivity contribution in [3.63, 3.8) is 0 Å². The second-order valence-electron chi connectivity index (χ2n) is 11.7. The van der Waals surface area contributed by atoms with Gasteiger partial charge in [-0.2, -0.15) is 0 Å². The van der Waals surface area contributed by atoms with Crippen molar-refractivity contribution in [2.24, 2.45) is 5.92 Å². The molecule has 1 saturated carbocycles. The van der Waals surface area contributed by atoms with Crippen LogP contribution >= 0.6 is 0 Å². The van der Waals surface area contributed by atoms with Crippen LogP contribution in [0.4, 0.5) is 0 Å². The fourth-order valence-corrected chi connectivity index (χ4v) is 6.14. The lowest BCUT2D eigenvalue weighted by Crippen LogP contribution is -2.59. The lowest BCUT2D eigenvalue weighted by molar-refractivity contribution is -0.134. The van der Waals surface area contributed by atoms with E-state index in [-0.39, 0.29) is 34.8 Å². The van der Waals surface area contributed by atoms with Crippen LogP contribution in [0.1, 0.15) is 67.7 Å².